The summed E-state index contributed by atoms with van der Waals surface area (Å²) in [6.45, 7) is 0.821. The lowest BCUT2D eigenvalue weighted by atomic mass is 10.2. The lowest BCUT2D eigenvalue weighted by molar-refractivity contribution is 1.14. The van der Waals surface area contributed by atoms with Gasteiger partial charge in [-0.2, -0.15) is 0 Å². The molecule has 0 spiro atoms. The van der Waals surface area contributed by atoms with Gasteiger partial charge in [0.15, 0.2) is 0 Å². The van der Waals surface area contributed by atoms with Crippen LogP contribution in [0.5, 0.6) is 0 Å². The van der Waals surface area contributed by atoms with Crippen LogP contribution in [-0.2, 0) is 6.54 Å². The van der Waals surface area contributed by atoms with Gasteiger partial charge in [0.2, 0.25) is 0 Å². The number of rotatable bonds is 3. The smallest absolute Gasteiger partial charge is 0.0487 e. The number of hydrogen-bond donors (Lipinski definition) is 1. The van der Waals surface area contributed by atoms with Crippen molar-refractivity contribution in [3.8, 4) is 0 Å². The number of benzene rings is 2. The Balaban J connectivity index is 2.05. The fraction of sp³-hybridized carbons (Fsp3) is 0.0769. The maximum atomic E-state index is 3.51. The van der Waals surface area contributed by atoms with E-state index >= 15 is 0 Å². The van der Waals surface area contributed by atoms with E-state index in [2.05, 4.69) is 55.4 Å². The molecule has 0 atom stereocenters. The zero-order chi connectivity index (χ0) is 11.4. The van der Waals surface area contributed by atoms with Crippen LogP contribution < -0.4 is 5.32 Å². The molecule has 1 nitrogen and oxygen atoms in total. The summed E-state index contributed by atoms with van der Waals surface area (Å²) >= 11 is 6.98. The van der Waals surface area contributed by atoms with Crippen LogP contribution in [0.15, 0.2) is 57.5 Å². The van der Waals surface area contributed by atoms with E-state index in [0.29, 0.717) is 0 Å². The van der Waals surface area contributed by atoms with Crippen LogP contribution in [0, 0.1) is 0 Å². The van der Waals surface area contributed by atoms with Gasteiger partial charge in [-0.15, -0.1) is 0 Å². The summed E-state index contributed by atoms with van der Waals surface area (Å²) in [5.41, 5.74) is 2.37. The zero-order valence-corrected chi connectivity index (χ0v) is 11.8. The predicted molar refractivity (Wildman–Crippen MR) is 75.6 cm³/mol. The van der Waals surface area contributed by atoms with Crippen LogP contribution in [0.25, 0.3) is 0 Å². The number of anilines is 1. The molecule has 2 rings (SSSR count). The standard InChI is InChI=1S/C13H11Br2N/c14-11-5-3-4-10(8-11)9-16-13-7-2-1-6-12(13)15/h1-8,16H,9H2. The van der Waals surface area contributed by atoms with Gasteiger partial charge in [0.05, 0.1) is 0 Å². The largest absolute Gasteiger partial charge is 0.380 e. The van der Waals surface area contributed by atoms with E-state index < -0.39 is 0 Å². The van der Waals surface area contributed by atoms with Crippen LogP contribution in [0.2, 0.25) is 0 Å². The second-order valence-corrected chi connectivity index (χ2v) is 5.23. The van der Waals surface area contributed by atoms with Crippen molar-refractivity contribution in [2.45, 2.75) is 6.54 Å². The Kier molecular flexibility index (Phi) is 4.02. The van der Waals surface area contributed by atoms with Gasteiger partial charge < -0.3 is 5.32 Å². The van der Waals surface area contributed by atoms with Crippen LogP contribution in [0.1, 0.15) is 5.56 Å². The Morgan fingerprint density at radius 1 is 0.938 bits per heavy atom. The molecule has 0 radical (unpaired) electrons. The fourth-order valence-corrected chi connectivity index (χ4v) is 2.32. The van der Waals surface area contributed by atoms with E-state index in [9.17, 15) is 0 Å². The van der Waals surface area contributed by atoms with Crippen molar-refractivity contribution in [3.05, 3.63) is 63.0 Å². The first-order valence-corrected chi connectivity index (χ1v) is 6.57. The first-order valence-electron chi connectivity index (χ1n) is 4.98. The molecule has 0 fully saturated rings. The van der Waals surface area contributed by atoms with Crippen molar-refractivity contribution < 1.29 is 0 Å². The molecular formula is C13H11Br2N. The Morgan fingerprint density at radius 3 is 2.50 bits per heavy atom. The molecule has 2 aromatic rings. The normalized spacial score (nSPS) is 10.1. The van der Waals surface area contributed by atoms with Gasteiger partial charge >= 0.3 is 0 Å². The quantitative estimate of drug-likeness (QED) is 0.844. The molecule has 82 valence electrons. The third kappa shape index (κ3) is 3.09. The minimum atomic E-state index is 0.821. The van der Waals surface area contributed by atoms with Crippen LogP contribution in [0.4, 0.5) is 5.69 Å². The van der Waals surface area contributed by atoms with Gasteiger partial charge in [-0.05, 0) is 45.8 Å². The Bertz CT molecular complexity index is 483. The molecule has 0 saturated carbocycles. The third-order valence-corrected chi connectivity index (χ3v) is 3.43. The third-order valence-electron chi connectivity index (χ3n) is 2.25. The number of para-hydroxylation sites is 1. The SMILES string of the molecule is Brc1cccc(CNc2ccccc2Br)c1. The summed E-state index contributed by atoms with van der Waals surface area (Å²) in [7, 11) is 0. The van der Waals surface area contributed by atoms with Gasteiger partial charge in [-0.3, -0.25) is 0 Å². The molecule has 0 aliphatic heterocycles. The Morgan fingerprint density at radius 2 is 1.75 bits per heavy atom. The molecule has 0 amide bonds. The molecule has 0 bridgehead atoms. The van der Waals surface area contributed by atoms with Crippen LogP contribution in [-0.4, -0.2) is 0 Å². The predicted octanol–water partition coefficient (Wildman–Crippen LogP) is 4.82. The van der Waals surface area contributed by atoms with E-state index in [0.717, 1.165) is 21.2 Å². The van der Waals surface area contributed by atoms with Crippen molar-refractivity contribution in [2.75, 3.05) is 5.32 Å². The molecule has 0 aliphatic rings. The summed E-state index contributed by atoms with van der Waals surface area (Å²) < 4.78 is 2.20. The summed E-state index contributed by atoms with van der Waals surface area (Å²) in [6.07, 6.45) is 0. The minimum absolute atomic E-state index is 0.821. The lowest BCUT2D eigenvalue weighted by Gasteiger charge is -2.08. The van der Waals surface area contributed by atoms with E-state index in [-0.39, 0.29) is 0 Å². The van der Waals surface area contributed by atoms with Crippen molar-refractivity contribution in [1.82, 2.24) is 0 Å². The number of nitrogens with one attached hydrogen (secondary N) is 1. The lowest BCUT2D eigenvalue weighted by Crippen LogP contribution is -1.99. The zero-order valence-electron chi connectivity index (χ0n) is 8.58. The van der Waals surface area contributed by atoms with E-state index in [1.54, 1.807) is 0 Å². The highest BCUT2D eigenvalue weighted by atomic mass is 79.9. The highest BCUT2D eigenvalue weighted by Gasteiger charge is 1.98. The summed E-state index contributed by atoms with van der Waals surface area (Å²) in [6, 6.07) is 16.4. The van der Waals surface area contributed by atoms with Gasteiger partial charge in [0.25, 0.3) is 0 Å². The van der Waals surface area contributed by atoms with Crippen LogP contribution in [0.3, 0.4) is 0 Å². The number of hydrogen-bond acceptors (Lipinski definition) is 1. The van der Waals surface area contributed by atoms with Crippen molar-refractivity contribution in [3.63, 3.8) is 0 Å². The number of halogens is 2. The van der Waals surface area contributed by atoms with Gasteiger partial charge in [0, 0.05) is 21.2 Å². The first-order chi connectivity index (χ1) is 7.75. The average Bonchev–Trinajstić information content (AvgIpc) is 2.28. The van der Waals surface area contributed by atoms with Crippen molar-refractivity contribution in [1.29, 1.82) is 0 Å². The maximum absolute atomic E-state index is 3.51. The average molecular weight is 341 g/mol. The molecule has 2 aromatic carbocycles. The fourth-order valence-electron chi connectivity index (χ4n) is 1.45. The molecule has 0 aromatic heterocycles. The van der Waals surface area contributed by atoms with E-state index in [1.165, 1.54) is 5.56 Å². The molecule has 16 heavy (non-hydrogen) atoms. The molecular weight excluding hydrogens is 330 g/mol. The van der Waals surface area contributed by atoms with Crippen molar-refractivity contribution >= 4 is 37.5 Å². The molecule has 0 saturated heterocycles. The topological polar surface area (TPSA) is 12.0 Å². The molecule has 0 aliphatic carbocycles. The highest BCUT2D eigenvalue weighted by molar-refractivity contribution is 9.10. The second-order valence-electron chi connectivity index (χ2n) is 3.46. The van der Waals surface area contributed by atoms with Crippen molar-refractivity contribution in [2.24, 2.45) is 0 Å². The summed E-state index contributed by atoms with van der Waals surface area (Å²) in [4.78, 5) is 0. The monoisotopic (exact) mass is 339 g/mol. The van der Waals surface area contributed by atoms with E-state index in [1.807, 2.05) is 30.3 Å². The maximum Gasteiger partial charge on any atom is 0.0487 e. The second kappa shape index (κ2) is 5.51. The van der Waals surface area contributed by atoms with Gasteiger partial charge in [-0.25, -0.2) is 0 Å². The summed E-state index contributed by atoms with van der Waals surface area (Å²) in [5.74, 6) is 0. The van der Waals surface area contributed by atoms with Crippen LogP contribution >= 0.6 is 31.9 Å². The molecule has 0 unspecified atom stereocenters. The molecule has 1 N–H and O–H groups in total. The van der Waals surface area contributed by atoms with E-state index in [4.69, 9.17) is 0 Å². The highest BCUT2D eigenvalue weighted by Crippen LogP contribution is 2.22. The molecule has 0 heterocycles. The minimum Gasteiger partial charge on any atom is -0.380 e. The first kappa shape index (κ1) is 11.7. The van der Waals surface area contributed by atoms with Gasteiger partial charge in [0.1, 0.15) is 0 Å². The van der Waals surface area contributed by atoms with Gasteiger partial charge in [-0.1, -0.05) is 40.2 Å². The summed E-state index contributed by atoms with van der Waals surface area (Å²) in [5, 5.41) is 3.39. The Labute approximate surface area is 112 Å². The Hall–Kier alpha value is -0.800. The molecule has 3 heteroatoms.